The minimum Gasteiger partial charge on any atom is -0.322 e. The van der Waals surface area contributed by atoms with E-state index >= 15 is 0 Å². The fourth-order valence-corrected chi connectivity index (χ4v) is 1.83. The summed E-state index contributed by atoms with van der Waals surface area (Å²) < 4.78 is 0. The Balaban J connectivity index is 2.16. The first-order chi connectivity index (χ1) is 9.63. The summed E-state index contributed by atoms with van der Waals surface area (Å²) in [5, 5.41) is 2.80. The monoisotopic (exact) mass is 266 g/mol. The first-order valence-corrected chi connectivity index (χ1v) is 6.08. The van der Waals surface area contributed by atoms with E-state index < -0.39 is 0 Å². The van der Waals surface area contributed by atoms with E-state index in [2.05, 4.69) is 17.0 Å². The summed E-state index contributed by atoms with van der Waals surface area (Å²) in [5.74, 6) is -0.221. The van der Waals surface area contributed by atoms with Crippen LogP contribution in [0.25, 0.3) is 0 Å². The van der Waals surface area contributed by atoms with Crippen molar-refractivity contribution in [2.45, 2.75) is 6.92 Å². The highest BCUT2D eigenvalue weighted by molar-refractivity contribution is 6.04. The van der Waals surface area contributed by atoms with Crippen molar-refractivity contribution in [3.05, 3.63) is 59.2 Å². The van der Waals surface area contributed by atoms with Crippen molar-refractivity contribution in [3.63, 3.8) is 0 Å². The highest BCUT2D eigenvalue weighted by atomic mass is 16.1. The van der Waals surface area contributed by atoms with Gasteiger partial charge in [-0.3, -0.25) is 14.6 Å². The van der Waals surface area contributed by atoms with Crippen molar-refractivity contribution in [1.29, 1.82) is 0 Å². The maximum absolute atomic E-state index is 12.0. The van der Waals surface area contributed by atoms with E-state index in [0.29, 0.717) is 16.8 Å². The Labute approximate surface area is 117 Å². The molecule has 0 saturated carbocycles. The third kappa shape index (κ3) is 2.98. The smallest absolute Gasteiger partial charge is 0.255 e. The number of aliphatic imine (C=N–C) groups is 1. The minimum absolute atomic E-state index is 0.221. The van der Waals surface area contributed by atoms with Crippen LogP contribution < -0.4 is 5.32 Å². The van der Waals surface area contributed by atoms with E-state index in [0.717, 1.165) is 17.5 Å². The number of amides is 1. The lowest BCUT2D eigenvalue weighted by Crippen LogP contribution is -2.11. The molecule has 0 heterocycles. The second-order valence-corrected chi connectivity index (χ2v) is 4.35. The zero-order chi connectivity index (χ0) is 14.5. The number of hydrogen-bond donors (Lipinski definition) is 1. The van der Waals surface area contributed by atoms with Crippen LogP contribution in [-0.4, -0.2) is 18.9 Å². The van der Waals surface area contributed by atoms with Gasteiger partial charge in [-0.25, -0.2) is 0 Å². The molecule has 2 aromatic carbocycles. The molecule has 0 bridgehead atoms. The number of carbonyl (C=O) groups excluding carboxylic acids is 2. The molecule has 100 valence electrons. The Morgan fingerprint density at radius 1 is 1.20 bits per heavy atom. The number of benzene rings is 2. The molecule has 0 unspecified atom stereocenters. The predicted octanol–water partition coefficient (Wildman–Crippen LogP) is 3.39. The van der Waals surface area contributed by atoms with Gasteiger partial charge in [0, 0.05) is 16.8 Å². The summed E-state index contributed by atoms with van der Waals surface area (Å²) in [6.45, 7) is 5.38. The molecule has 4 heteroatoms. The molecular weight excluding hydrogens is 252 g/mol. The summed E-state index contributed by atoms with van der Waals surface area (Å²) >= 11 is 0. The Hall–Kier alpha value is -2.75. The van der Waals surface area contributed by atoms with Crippen LogP contribution >= 0.6 is 0 Å². The van der Waals surface area contributed by atoms with Crippen molar-refractivity contribution in [2.24, 2.45) is 4.99 Å². The third-order valence-corrected chi connectivity index (χ3v) is 2.93. The minimum atomic E-state index is -0.221. The average molecular weight is 266 g/mol. The fraction of sp³-hybridized carbons (Fsp3) is 0.0625. The summed E-state index contributed by atoms with van der Waals surface area (Å²) in [6.07, 6.45) is 0.742. The molecule has 0 fully saturated rings. The number of carbonyl (C=O) groups is 2. The number of nitrogens with one attached hydrogen (secondary N) is 1. The van der Waals surface area contributed by atoms with Crippen LogP contribution in [0.15, 0.2) is 47.5 Å². The molecule has 1 amide bonds. The molecule has 0 spiro atoms. The zero-order valence-corrected chi connectivity index (χ0v) is 11.1. The maximum Gasteiger partial charge on any atom is 0.255 e. The number of aryl methyl sites for hydroxylation is 1. The molecule has 20 heavy (non-hydrogen) atoms. The van der Waals surface area contributed by atoms with Crippen molar-refractivity contribution in [2.75, 3.05) is 5.32 Å². The first-order valence-electron chi connectivity index (χ1n) is 6.08. The van der Waals surface area contributed by atoms with Gasteiger partial charge in [0.1, 0.15) is 6.29 Å². The van der Waals surface area contributed by atoms with Crippen LogP contribution in [0.2, 0.25) is 0 Å². The van der Waals surface area contributed by atoms with Crippen LogP contribution in [0, 0.1) is 6.92 Å². The van der Waals surface area contributed by atoms with Crippen LogP contribution in [0.3, 0.4) is 0 Å². The van der Waals surface area contributed by atoms with Gasteiger partial charge in [-0.15, -0.1) is 0 Å². The van der Waals surface area contributed by atoms with Crippen LogP contribution in [0.4, 0.5) is 11.4 Å². The van der Waals surface area contributed by atoms with Gasteiger partial charge in [0.15, 0.2) is 0 Å². The Bertz CT molecular complexity index is 661. The van der Waals surface area contributed by atoms with Gasteiger partial charge in [0.2, 0.25) is 0 Å². The lowest BCUT2D eigenvalue weighted by Gasteiger charge is -2.07. The van der Waals surface area contributed by atoms with Crippen molar-refractivity contribution in [1.82, 2.24) is 0 Å². The van der Waals surface area contributed by atoms with Crippen molar-refractivity contribution in [3.8, 4) is 0 Å². The summed E-state index contributed by atoms with van der Waals surface area (Å²) in [7, 11) is 0. The second-order valence-electron chi connectivity index (χ2n) is 4.35. The molecule has 2 aromatic rings. The van der Waals surface area contributed by atoms with Crippen LogP contribution in [0.5, 0.6) is 0 Å². The van der Waals surface area contributed by atoms with Crippen molar-refractivity contribution >= 4 is 30.3 Å². The lowest BCUT2D eigenvalue weighted by atomic mass is 10.1. The van der Waals surface area contributed by atoms with Crippen molar-refractivity contribution < 1.29 is 9.59 Å². The first kappa shape index (κ1) is 13.7. The predicted molar refractivity (Wildman–Crippen MR) is 80.2 cm³/mol. The molecule has 0 atom stereocenters. The Kier molecular flexibility index (Phi) is 4.05. The molecule has 0 aliphatic heterocycles. The molecular formula is C16H14N2O2. The molecule has 4 nitrogen and oxygen atoms in total. The SMILES string of the molecule is C=Nc1ccc(NC(=O)c2ccc(C=O)cc2)cc1C. The number of anilines is 1. The van der Waals surface area contributed by atoms with Gasteiger partial charge >= 0.3 is 0 Å². The molecule has 0 aliphatic rings. The normalized spacial score (nSPS) is 9.85. The second kappa shape index (κ2) is 5.93. The molecule has 2 rings (SSSR count). The Morgan fingerprint density at radius 3 is 2.45 bits per heavy atom. The standard InChI is InChI=1S/C16H14N2O2/c1-11-9-14(7-8-15(11)17-2)18-16(20)13-5-3-12(10-19)4-6-13/h3-10H,2H2,1H3,(H,18,20). The quantitative estimate of drug-likeness (QED) is 0.681. The van der Waals surface area contributed by atoms with Gasteiger partial charge in [-0.2, -0.15) is 0 Å². The van der Waals surface area contributed by atoms with Gasteiger partial charge < -0.3 is 5.32 Å². The molecule has 0 radical (unpaired) electrons. The Morgan fingerprint density at radius 2 is 1.90 bits per heavy atom. The highest BCUT2D eigenvalue weighted by Crippen LogP contribution is 2.22. The molecule has 0 saturated heterocycles. The van der Waals surface area contributed by atoms with E-state index in [9.17, 15) is 9.59 Å². The van der Waals surface area contributed by atoms with Gasteiger partial charge in [-0.05, 0) is 49.5 Å². The van der Waals surface area contributed by atoms with Gasteiger partial charge in [0.05, 0.1) is 5.69 Å². The largest absolute Gasteiger partial charge is 0.322 e. The summed E-state index contributed by atoms with van der Waals surface area (Å²) in [6, 6.07) is 11.9. The summed E-state index contributed by atoms with van der Waals surface area (Å²) in [5.41, 5.74) is 3.46. The van der Waals surface area contributed by atoms with Crippen LogP contribution in [-0.2, 0) is 0 Å². The van der Waals surface area contributed by atoms with E-state index in [4.69, 9.17) is 0 Å². The van der Waals surface area contributed by atoms with E-state index in [-0.39, 0.29) is 5.91 Å². The zero-order valence-electron chi connectivity index (χ0n) is 11.1. The van der Waals surface area contributed by atoms with Gasteiger partial charge in [-0.1, -0.05) is 12.1 Å². The number of nitrogens with zero attached hydrogens (tertiary/aromatic N) is 1. The molecule has 0 aliphatic carbocycles. The molecule has 1 N–H and O–H groups in total. The maximum atomic E-state index is 12.0. The third-order valence-electron chi connectivity index (χ3n) is 2.93. The van der Waals surface area contributed by atoms with E-state index in [1.165, 1.54) is 0 Å². The number of hydrogen-bond acceptors (Lipinski definition) is 3. The van der Waals surface area contributed by atoms with Gasteiger partial charge in [0.25, 0.3) is 5.91 Å². The number of aldehydes is 1. The highest BCUT2D eigenvalue weighted by Gasteiger charge is 2.06. The van der Waals surface area contributed by atoms with E-state index in [1.54, 1.807) is 36.4 Å². The topological polar surface area (TPSA) is 58.5 Å². The van der Waals surface area contributed by atoms with Crippen LogP contribution in [0.1, 0.15) is 26.3 Å². The number of rotatable bonds is 4. The molecule has 0 aromatic heterocycles. The van der Waals surface area contributed by atoms with E-state index in [1.807, 2.05) is 13.0 Å². The lowest BCUT2D eigenvalue weighted by molar-refractivity contribution is 0.102. The average Bonchev–Trinajstić information content (AvgIpc) is 2.47. The summed E-state index contributed by atoms with van der Waals surface area (Å²) in [4.78, 5) is 26.5. The fourth-order valence-electron chi connectivity index (χ4n) is 1.83.